The molecule has 5 heteroatoms. The van der Waals surface area contributed by atoms with Crippen molar-refractivity contribution >= 4 is 5.91 Å². The quantitative estimate of drug-likeness (QED) is 0.607. The smallest absolute Gasteiger partial charge is 0.248 e. The molecule has 0 aromatic heterocycles. The fraction of sp³-hybridized carbons (Fsp3) is 0.889. The molecule has 0 spiro atoms. The highest BCUT2D eigenvalue weighted by atomic mass is 16.5. The van der Waals surface area contributed by atoms with Gasteiger partial charge in [-0.3, -0.25) is 4.79 Å². The van der Waals surface area contributed by atoms with E-state index < -0.39 is 0 Å². The van der Waals surface area contributed by atoms with Gasteiger partial charge in [0, 0.05) is 13.1 Å². The predicted molar refractivity (Wildman–Crippen MR) is 51.9 cm³/mol. The van der Waals surface area contributed by atoms with Crippen LogP contribution in [0, 0.1) is 0 Å². The number of rotatable bonds is 4. The summed E-state index contributed by atoms with van der Waals surface area (Å²) in [7, 11) is 0. The van der Waals surface area contributed by atoms with Crippen LogP contribution in [-0.2, 0) is 14.3 Å². The molecule has 1 rings (SSSR count). The molecular weight excluding hydrogens is 184 g/mol. The molecule has 1 saturated heterocycles. The summed E-state index contributed by atoms with van der Waals surface area (Å²) in [5, 5.41) is 0. The maximum absolute atomic E-state index is 11.6. The minimum Gasteiger partial charge on any atom is -0.377 e. The molecule has 0 aromatic rings. The van der Waals surface area contributed by atoms with Crippen LogP contribution in [0.25, 0.3) is 0 Å². The summed E-state index contributed by atoms with van der Waals surface area (Å²) in [6.07, 6.45) is 0. The summed E-state index contributed by atoms with van der Waals surface area (Å²) in [5.41, 5.74) is 5.25. The Morgan fingerprint density at radius 1 is 1.71 bits per heavy atom. The second-order valence-electron chi connectivity index (χ2n) is 3.35. The lowest BCUT2D eigenvalue weighted by molar-refractivity contribution is -0.143. The molecule has 1 fully saturated rings. The molecule has 5 nitrogen and oxygen atoms in total. The van der Waals surface area contributed by atoms with Gasteiger partial charge < -0.3 is 20.1 Å². The Morgan fingerprint density at radius 3 is 3.14 bits per heavy atom. The van der Waals surface area contributed by atoms with Crippen LogP contribution in [0.2, 0.25) is 0 Å². The highest BCUT2D eigenvalue weighted by molar-refractivity contribution is 5.77. The number of carbonyl (C=O) groups excluding carboxylic acids is 1. The van der Waals surface area contributed by atoms with E-state index in [1.54, 1.807) is 4.90 Å². The number of amides is 1. The lowest BCUT2D eigenvalue weighted by Gasteiger charge is -2.33. The van der Waals surface area contributed by atoms with Gasteiger partial charge in [0.1, 0.15) is 6.61 Å². The summed E-state index contributed by atoms with van der Waals surface area (Å²) >= 11 is 0. The molecule has 0 unspecified atom stereocenters. The summed E-state index contributed by atoms with van der Waals surface area (Å²) in [4.78, 5) is 13.4. The van der Waals surface area contributed by atoms with E-state index in [2.05, 4.69) is 0 Å². The number of carbonyl (C=O) groups is 1. The topological polar surface area (TPSA) is 64.8 Å². The van der Waals surface area contributed by atoms with E-state index >= 15 is 0 Å². The molecule has 1 amide bonds. The van der Waals surface area contributed by atoms with Crippen molar-refractivity contribution in [3.63, 3.8) is 0 Å². The third-order valence-electron chi connectivity index (χ3n) is 2.18. The van der Waals surface area contributed by atoms with Crippen LogP contribution in [0.1, 0.15) is 6.92 Å². The van der Waals surface area contributed by atoms with Crippen molar-refractivity contribution in [1.29, 1.82) is 0 Å². The third kappa shape index (κ3) is 3.25. The zero-order valence-corrected chi connectivity index (χ0v) is 8.57. The van der Waals surface area contributed by atoms with Crippen molar-refractivity contribution in [3.8, 4) is 0 Å². The summed E-state index contributed by atoms with van der Waals surface area (Å²) in [5.74, 6) is 0.0225. The second-order valence-corrected chi connectivity index (χ2v) is 3.35. The van der Waals surface area contributed by atoms with E-state index in [0.29, 0.717) is 32.9 Å². The van der Waals surface area contributed by atoms with Crippen molar-refractivity contribution < 1.29 is 14.3 Å². The van der Waals surface area contributed by atoms with Gasteiger partial charge in [0.2, 0.25) is 5.91 Å². The minimum atomic E-state index is 0.0225. The van der Waals surface area contributed by atoms with Gasteiger partial charge in [-0.1, -0.05) is 0 Å². The van der Waals surface area contributed by atoms with Crippen LogP contribution in [-0.4, -0.2) is 56.4 Å². The Bertz CT molecular complexity index is 187. The van der Waals surface area contributed by atoms with Crippen LogP contribution >= 0.6 is 0 Å². The van der Waals surface area contributed by atoms with Gasteiger partial charge in [-0.15, -0.1) is 0 Å². The fourth-order valence-corrected chi connectivity index (χ4v) is 1.42. The second kappa shape index (κ2) is 5.95. The standard InChI is InChI=1S/C9H18N2O3/c1-8-6-14-5-3-11(8)9(12)7-13-4-2-10/h8H,2-7,10H2,1H3/t8-/m1/s1. The summed E-state index contributed by atoms with van der Waals surface area (Å²) in [6, 6.07) is 0.151. The number of hydrogen-bond acceptors (Lipinski definition) is 4. The number of hydrogen-bond donors (Lipinski definition) is 1. The van der Waals surface area contributed by atoms with Gasteiger partial charge in [-0.2, -0.15) is 0 Å². The minimum absolute atomic E-state index is 0.0225. The highest BCUT2D eigenvalue weighted by Gasteiger charge is 2.23. The lowest BCUT2D eigenvalue weighted by atomic mass is 10.2. The largest absolute Gasteiger partial charge is 0.377 e. The molecular formula is C9H18N2O3. The summed E-state index contributed by atoms with van der Waals surface area (Å²) in [6.45, 7) is 4.87. The Hall–Kier alpha value is -0.650. The van der Waals surface area contributed by atoms with Gasteiger partial charge in [0.05, 0.1) is 25.9 Å². The van der Waals surface area contributed by atoms with Crippen molar-refractivity contribution in [2.75, 3.05) is 39.5 Å². The van der Waals surface area contributed by atoms with Gasteiger partial charge in [-0.25, -0.2) is 0 Å². The van der Waals surface area contributed by atoms with Gasteiger partial charge in [0.15, 0.2) is 0 Å². The van der Waals surface area contributed by atoms with E-state index in [0.717, 1.165) is 0 Å². The average Bonchev–Trinajstić information content (AvgIpc) is 2.18. The SMILES string of the molecule is C[C@@H]1COCCN1C(=O)COCCN. The van der Waals surface area contributed by atoms with Crippen LogP contribution in [0.4, 0.5) is 0 Å². The van der Waals surface area contributed by atoms with Crippen molar-refractivity contribution in [3.05, 3.63) is 0 Å². The average molecular weight is 202 g/mol. The molecule has 1 aliphatic rings. The van der Waals surface area contributed by atoms with Crippen LogP contribution in [0.3, 0.4) is 0 Å². The molecule has 2 N–H and O–H groups in total. The van der Waals surface area contributed by atoms with E-state index in [-0.39, 0.29) is 18.6 Å². The van der Waals surface area contributed by atoms with Crippen molar-refractivity contribution in [1.82, 2.24) is 4.90 Å². The van der Waals surface area contributed by atoms with E-state index in [4.69, 9.17) is 15.2 Å². The van der Waals surface area contributed by atoms with E-state index in [1.165, 1.54) is 0 Å². The van der Waals surface area contributed by atoms with Gasteiger partial charge in [-0.05, 0) is 6.92 Å². The molecule has 14 heavy (non-hydrogen) atoms. The summed E-state index contributed by atoms with van der Waals surface area (Å²) < 4.78 is 10.3. The van der Waals surface area contributed by atoms with Gasteiger partial charge in [0.25, 0.3) is 0 Å². The van der Waals surface area contributed by atoms with Crippen LogP contribution < -0.4 is 5.73 Å². The Morgan fingerprint density at radius 2 is 2.50 bits per heavy atom. The monoisotopic (exact) mass is 202 g/mol. The number of ether oxygens (including phenoxy) is 2. The molecule has 1 aliphatic heterocycles. The number of nitrogens with zero attached hydrogens (tertiary/aromatic N) is 1. The van der Waals surface area contributed by atoms with Crippen molar-refractivity contribution in [2.45, 2.75) is 13.0 Å². The molecule has 82 valence electrons. The Labute approximate surface area is 84.1 Å². The first kappa shape index (κ1) is 11.4. The molecule has 0 aromatic carbocycles. The zero-order chi connectivity index (χ0) is 10.4. The zero-order valence-electron chi connectivity index (χ0n) is 8.57. The molecule has 1 heterocycles. The predicted octanol–water partition coefficient (Wildman–Crippen LogP) is -0.791. The highest BCUT2D eigenvalue weighted by Crippen LogP contribution is 2.06. The number of morpholine rings is 1. The normalized spacial score (nSPS) is 22.4. The Kier molecular flexibility index (Phi) is 4.86. The van der Waals surface area contributed by atoms with Crippen LogP contribution in [0.15, 0.2) is 0 Å². The first-order chi connectivity index (χ1) is 6.75. The van der Waals surface area contributed by atoms with E-state index in [1.807, 2.05) is 6.92 Å². The van der Waals surface area contributed by atoms with Crippen LogP contribution in [0.5, 0.6) is 0 Å². The molecule has 1 atom stereocenters. The first-order valence-electron chi connectivity index (χ1n) is 4.90. The van der Waals surface area contributed by atoms with Gasteiger partial charge >= 0.3 is 0 Å². The maximum Gasteiger partial charge on any atom is 0.248 e. The fourth-order valence-electron chi connectivity index (χ4n) is 1.42. The molecule has 0 aliphatic carbocycles. The van der Waals surface area contributed by atoms with Crippen molar-refractivity contribution in [2.24, 2.45) is 5.73 Å². The maximum atomic E-state index is 11.6. The van der Waals surface area contributed by atoms with E-state index in [9.17, 15) is 4.79 Å². The molecule has 0 saturated carbocycles. The number of nitrogens with two attached hydrogens (primary N) is 1. The molecule has 0 bridgehead atoms. The third-order valence-corrected chi connectivity index (χ3v) is 2.18. The Balaban J connectivity index is 2.27. The first-order valence-corrected chi connectivity index (χ1v) is 4.90. The molecule has 0 radical (unpaired) electrons. The lowest BCUT2D eigenvalue weighted by Crippen LogP contribution is -2.48.